The molecule has 0 saturated carbocycles. The molecule has 92 valence electrons. The SMILES string of the molecule is COC(=O)C(I)CNC(=O)c1cncc(F)c1. The molecule has 1 unspecified atom stereocenters. The number of amides is 1. The summed E-state index contributed by atoms with van der Waals surface area (Å²) in [5.41, 5.74) is 0.110. The van der Waals surface area contributed by atoms with E-state index in [-0.39, 0.29) is 12.1 Å². The summed E-state index contributed by atoms with van der Waals surface area (Å²) in [6, 6.07) is 1.07. The smallest absolute Gasteiger partial charge is 0.320 e. The second-order valence-electron chi connectivity index (χ2n) is 3.09. The average Bonchev–Trinajstić information content (AvgIpc) is 2.34. The molecule has 1 N–H and O–H groups in total. The van der Waals surface area contributed by atoms with Gasteiger partial charge in [0.2, 0.25) is 0 Å². The lowest BCUT2D eigenvalue weighted by atomic mass is 10.2. The molecule has 1 aromatic heterocycles. The zero-order valence-electron chi connectivity index (χ0n) is 8.94. The molecule has 0 aliphatic rings. The van der Waals surface area contributed by atoms with E-state index in [1.807, 2.05) is 22.6 Å². The van der Waals surface area contributed by atoms with Crippen LogP contribution in [-0.4, -0.2) is 34.4 Å². The van der Waals surface area contributed by atoms with Gasteiger partial charge in [-0.15, -0.1) is 0 Å². The standard InChI is InChI=1S/C10H10FIN2O3/c1-17-10(16)8(12)5-14-9(15)6-2-7(11)4-13-3-6/h2-4,8H,5H2,1H3,(H,14,15). The molecule has 0 aromatic carbocycles. The maximum atomic E-state index is 12.8. The number of nitrogens with zero attached hydrogens (tertiary/aromatic N) is 1. The number of esters is 1. The average molecular weight is 352 g/mol. The van der Waals surface area contributed by atoms with Crippen LogP contribution in [-0.2, 0) is 9.53 Å². The fraction of sp³-hybridized carbons (Fsp3) is 0.300. The summed E-state index contributed by atoms with van der Waals surface area (Å²) >= 11 is 1.85. The van der Waals surface area contributed by atoms with Crippen molar-refractivity contribution in [2.24, 2.45) is 0 Å². The van der Waals surface area contributed by atoms with E-state index in [0.29, 0.717) is 0 Å². The van der Waals surface area contributed by atoms with Gasteiger partial charge in [0.1, 0.15) is 9.74 Å². The van der Waals surface area contributed by atoms with Crippen LogP contribution in [0, 0.1) is 5.82 Å². The quantitative estimate of drug-likeness (QED) is 0.497. The van der Waals surface area contributed by atoms with Crippen molar-refractivity contribution >= 4 is 34.5 Å². The van der Waals surface area contributed by atoms with Crippen LogP contribution in [0.15, 0.2) is 18.5 Å². The minimum absolute atomic E-state index is 0.110. The Bertz CT molecular complexity index is 428. The number of aromatic nitrogens is 1. The van der Waals surface area contributed by atoms with Crippen LogP contribution >= 0.6 is 22.6 Å². The molecule has 5 nitrogen and oxygen atoms in total. The Morgan fingerprint density at radius 3 is 2.88 bits per heavy atom. The molecule has 0 aliphatic heterocycles. The van der Waals surface area contributed by atoms with E-state index in [1.54, 1.807) is 0 Å². The lowest BCUT2D eigenvalue weighted by Gasteiger charge is -2.09. The fourth-order valence-corrected chi connectivity index (χ4v) is 1.51. The molecule has 1 heterocycles. The number of carbonyl (C=O) groups is 2. The molecule has 7 heteroatoms. The highest BCUT2D eigenvalue weighted by Crippen LogP contribution is 2.03. The summed E-state index contributed by atoms with van der Waals surface area (Å²) in [6.07, 6.45) is 2.26. The van der Waals surface area contributed by atoms with Gasteiger partial charge in [-0.25, -0.2) is 4.39 Å². The second-order valence-corrected chi connectivity index (χ2v) is 4.60. The molecule has 17 heavy (non-hydrogen) atoms. The summed E-state index contributed by atoms with van der Waals surface area (Å²) in [5, 5.41) is 2.49. The van der Waals surface area contributed by atoms with Gasteiger partial charge in [-0.3, -0.25) is 14.6 Å². The third-order valence-corrected chi connectivity index (χ3v) is 2.81. The van der Waals surface area contributed by atoms with E-state index in [1.165, 1.54) is 13.3 Å². The van der Waals surface area contributed by atoms with Crippen LogP contribution in [0.2, 0.25) is 0 Å². The molecule has 0 bridgehead atoms. The Labute approximate surface area is 111 Å². The van der Waals surface area contributed by atoms with Gasteiger partial charge in [0.25, 0.3) is 5.91 Å². The van der Waals surface area contributed by atoms with Crippen molar-refractivity contribution in [3.05, 3.63) is 29.8 Å². The van der Waals surface area contributed by atoms with Crippen LogP contribution in [0.1, 0.15) is 10.4 Å². The van der Waals surface area contributed by atoms with E-state index in [9.17, 15) is 14.0 Å². The summed E-state index contributed by atoms with van der Waals surface area (Å²) in [5.74, 6) is -1.50. The van der Waals surface area contributed by atoms with Crippen LogP contribution in [0.3, 0.4) is 0 Å². The third kappa shape index (κ3) is 4.25. The number of ether oxygens (including phenoxy) is 1. The number of carbonyl (C=O) groups excluding carboxylic acids is 2. The van der Waals surface area contributed by atoms with Gasteiger partial charge >= 0.3 is 5.97 Å². The lowest BCUT2D eigenvalue weighted by Crippen LogP contribution is -2.33. The molecule has 1 rings (SSSR count). The van der Waals surface area contributed by atoms with Gasteiger partial charge in [-0.05, 0) is 6.07 Å². The number of nitrogens with one attached hydrogen (secondary N) is 1. The number of methoxy groups -OCH3 is 1. The van der Waals surface area contributed by atoms with Crippen molar-refractivity contribution in [1.29, 1.82) is 0 Å². The topological polar surface area (TPSA) is 68.3 Å². The maximum Gasteiger partial charge on any atom is 0.320 e. The fourth-order valence-electron chi connectivity index (χ4n) is 1.03. The first-order chi connectivity index (χ1) is 8.04. The highest BCUT2D eigenvalue weighted by molar-refractivity contribution is 14.1. The minimum Gasteiger partial charge on any atom is -0.468 e. The van der Waals surface area contributed by atoms with E-state index in [0.717, 1.165) is 12.3 Å². The summed E-state index contributed by atoms with van der Waals surface area (Å²) in [7, 11) is 1.27. The van der Waals surface area contributed by atoms with Gasteiger partial charge in [0, 0.05) is 12.7 Å². The number of pyridine rings is 1. The first-order valence-electron chi connectivity index (χ1n) is 4.65. The molecule has 1 amide bonds. The van der Waals surface area contributed by atoms with Gasteiger partial charge in [-0.1, -0.05) is 22.6 Å². The predicted molar refractivity (Wildman–Crippen MR) is 66.4 cm³/mol. The number of rotatable bonds is 4. The zero-order valence-corrected chi connectivity index (χ0v) is 11.1. The van der Waals surface area contributed by atoms with Crippen molar-refractivity contribution in [3.8, 4) is 0 Å². The van der Waals surface area contributed by atoms with E-state index in [4.69, 9.17) is 0 Å². The highest BCUT2D eigenvalue weighted by Gasteiger charge is 2.16. The number of hydrogen-bond acceptors (Lipinski definition) is 4. The Morgan fingerprint density at radius 2 is 2.29 bits per heavy atom. The van der Waals surface area contributed by atoms with Crippen molar-refractivity contribution in [1.82, 2.24) is 10.3 Å². The van der Waals surface area contributed by atoms with E-state index < -0.39 is 21.6 Å². The largest absolute Gasteiger partial charge is 0.468 e. The van der Waals surface area contributed by atoms with Crippen molar-refractivity contribution in [3.63, 3.8) is 0 Å². The van der Waals surface area contributed by atoms with Gasteiger partial charge in [0.15, 0.2) is 0 Å². The molecule has 0 aliphatic carbocycles. The Morgan fingerprint density at radius 1 is 1.59 bits per heavy atom. The first-order valence-corrected chi connectivity index (χ1v) is 5.90. The van der Waals surface area contributed by atoms with Crippen LogP contribution in [0.4, 0.5) is 4.39 Å². The third-order valence-electron chi connectivity index (χ3n) is 1.87. The monoisotopic (exact) mass is 352 g/mol. The maximum absolute atomic E-state index is 12.8. The molecule has 0 fully saturated rings. The number of hydrogen-bond donors (Lipinski definition) is 1. The van der Waals surface area contributed by atoms with Gasteiger partial charge < -0.3 is 10.1 Å². The molecule has 0 spiro atoms. The van der Waals surface area contributed by atoms with Crippen molar-refractivity contribution in [2.75, 3.05) is 13.7 Å². The van der Waals surface area contributed by atoms with Gasteiger partial charge in [-0.2, -0.15) is 0 Å². The number of halogens is 2. The molecule has 0 saturated heterocycles. The summed E-state index contributed by atoms with van der Waals surface area (Å²) < 4.78 is 16.8. The summed E-state index contributed by atoms with van der Waals surface area (Å²) in [6.45, 7) is 0.114. The minimum atomic E-state index is -0.586. The zero-order chi connectivity index (χ0) is 12.8. The molecular weight excluding hydrogens is 342 g/mol. The second kappa shape index (κ2) is 6.48. The Kier molecular flexibility index (Phi) is 5.26. The van der Waals surface area contributed by atoms with Gasteiger partial charge in [0.05, 0.1) is 18.9 Å². The van der Waals surface area contributed by atoms with Crippen LogP contribution in [0.25, 0.3) is 0 Å². The number of alkyl halides is 1. The van der Waals surface area contributed by atoms with E-state index in [2.05, 4.69) is 15.0 Å². The predicted octanol–water partition coefficient (Wildman–Crippen LogP) is 0.927. The van der Waals surface area contributed by atoms with E-state index >= 15 is 0 Å². The van der Waals surface area contributed by atoms with Crippen LogP contribution < -0.4 is 5.32 Å². The van der Waals surface area contributed by atoms with Crippen molar-refractivity contribution < 1.29 is 18.7 Å². The molecule has 0 radical (unpaired) electrons. The molecule has 1 atom stereocenters. The molecule has 1 aromatic rings. The lowest BCUT2D eigenvalue weighted by molar-refractivity contribution is -0.139. The highest BCUT2D eigenvalue weighted by atomic mass is 127. The molecular formula is C10H10FIN2O3. The Hall–Kier alpha value is -1.25. The van der Waals surface area contributed by atoms with Crippen LogP contribution in [0.5, 0.6) is 0 Å². The Balaban J connectivity index is 2.53. The van der Waals surface area contributed by atoms with Crippen molar-refractivity contribution in [2.45, 2.75) is 3.92 Å². The summed E-state index contributed by atoms with van der Waals surface area (Å²) in [4.78, 5) is 26.2. The first kappa shape index (κ1) is 13.8. The normalized spacial score (nSPS) is 11.7.